The molecule has 4 atom stereocenters. The first-order valence-electron chi connectivity index (χ1n) is 5.68. The highest BCUT2D eigenvalue weighted by molar-refractivity contribution is 4.91. The van der Waals surface area contributed by atoms with Crippen LogP contribution in [-0.2, 0) is 0 Å². The van der Waals surface area contributed by atoms with Gasteiger partial charge in [-0.25, -0.2) is 0 Å². The topological polar surface area (TPSA) is 32.3 Å². The summed E-state index contributed by atoms with van der Waals surface area (Å²) in [6.07, 6.45) is 6.51. The number of nitrogens with one attached hydrogen (secondary N) is 1. The van der Waals surface area contributed by atoms with E-state index in [1.807, 2.05) is 0 Å². The molecule has 2 aliphatic carbocycles. The van der Waals surface area contributed by atoms with Crippen molar-refractivity contribution in [1.29, 1.82) is 0 Å². The maximum absolute atomic E-state index is 9.17. The molecule has 2 heteroatoms. The molecule has 0 aromatic heterocycles. The van der Waals surface area contributed by atoms with Crippen LogP contribution in [0.3, 0.4) is 0 Å². The van der Waals surface area contributed by atoms with Crippen molar-refractivity contribution in [2.24, 2.45) is 11.8 Å². The van der Waals surface area contributed by atoms with Crippen molar-refractivity contribution in [3.63, 3.8) is 0 Å². The summed E-state index contributed by atoms with van der Waals surface area (Å²) in [7, 11) is 0. The largest absolute Gasteiger partial charge is 0.396 e. The molecule has 0 heterocycles. The Bertz CT molecular complexity index is 171. The van der Waals surface area contributed by atoms with Gasteiger partial charge in [-0.05, 0) is 37.5 Å². The van der Waals surface area contributed by atoms with Gasteiger partial charge < -0.3 is 10.4 Å². The van der Waals surface area contributed by atoms with Gasteiger partial charge in [-0.2, -0.15) is 0 Å². The Labute approximate surface area is 80.7 Å². The number of hydrogen-bond acceptors (Lipinski definition) is 2. The Morgan fingerprint density at radius 2 is 2.00 bits per heavy atom. The van der Waals surface area contributed by atoms with E-state index in [2.05, 4.69) is 12.2 Å². The van der Waals surface area contributed by atoms with Gasteiger partial charge in [0, 0.05) is 18.7 Å². The second-order valence-corrected chi connectivity index (χ2v) is 4.81. The van der Waals surface area contributed by atoms with Crippen molar-refractivity contribution in [1.82, 2.24) is 5.32 Å². The normalized spacial score (nSPS) is 44.8. The second-order valence-electron chi connectivity index (χ2n) is 4.81. The van der Waals surface area contributed by atoms with Crippen LogP contribution in [0.15, 0.2) is 0 Å². The molecule has 0 saturated heterocycles. The SMILES string of the molecule is CC1CCC1NC1CCCC1CO. The molecule has 0 amide bonds. The van der Waals surface area contributed by atoms with Crippen molar-refractivity contribution in [2.75, 3.05) is 6.61 Å². The fourth-order valence-electron chi connectivity index (χ4n) is 2.66. The summed E-state index contributed by atoms with van der Waals surface area (Å²) in [5.74, 6) is 1.40. The lowest BCUT2D eigenvalue weighted by Gasteiger charge is -2.38. The van der Waals surface area contributed by atoms with Gasteiger partial charge in [0.1, 0.15) is 0 Å². The van der Waals surface area contributed by atoms with E-state index in [1.165, 1.54) is 32.1 Å². The molecule has 0 spiro atoms. The van der Waals surface area contributed by atoms with E-state index in [4.69, 9.17) is 5.11 Å². The van der Waals surface area contributed by atoms with Crippen LogP contribution in [0.25, 0.3) is 0 Å². The third-order valence-corrected chi connectivity index (χ3v) is 3.94. The van der Waals surface area contributed by atoms with Gasteiger partial charge >= 0.3 is 0 Å². The van der Waals surface area contributed by atoms with E-state index in [0.29, 0.717) is 18.6 Å². The van der Waals surface area contributed by atoms with Crippen LogP contribution in [0.4, 0.5) is 0 Å². The van der Waals surface area contributed by atoms with Crippen LogP contribution < -0.4 is 5.32 Å². The van der Waals surface area contributed by atoms with Gasteiger partial charge in [-0.1, -0.05) is 13.3 Å². The van der Waals surface area contributed by atoms with Crippen LogP contribution in [-0.4, -0.2) is 23.8 Å². The summed E-state index contributed by atoms with van der Waals surface area (Å²) in [5, 5.41) is 12.9. The molecule has 0 aliphatic heterocycles. The molecular formula is C11H21NO. The zero-order valence-electron chi connectivity index (χ0n) is 8.50. The maximum atomic E-state index is 9.17. The van der Waals surface area contributed by atoms with Crippen molar-refractivity contribution in [3.05, 3.63) is 0 Å². The minimum Gasteiger partial charge on any atom is -0.396 e. The zero-order chi connectivity index (χ0) is 9.26. The van der Waals surface area contributed by atoms with E-state index >= 15 is 0 Å². The Morgan fingerprint density at radius 3 is 2.54 bits per heavy atom. The number of aliphatic hydroxyl groups excluding tert-OH is 1. The summed E-state index contributed by atoms with van der Waals surface area (Å²) in [4.78, 5) is 0. The summed E-state index contributed by atoms with van der Waals surface area (Å²) in [6.45, 7) is 2.70. The minimum atomic E-state index is 0.374. The molecular weight excluding hydrogens is 162 g/mol. The van der Waals surface area contributed by atoms with E-state index in [-0.39, 0.29) is 0 Å². The maximum Gasteiger partial charge on any atom is 0.0474 e. The fraction of sp³-hybridized carbons (Fsp3) is 1.00. The van der Waals surface area contributed by atoms with Crippen LogP contribution in [0.5, 0.6) is 0 Å². The number of hydrogen-bond donors (Lipinski definition) is 2. The Hall–Kier alpha value is -0.0800. The molecule has 2 N–H and O–H groups in total. The first kappa shape index (κ1) is 9.47. The summed E-state index contributed by atoms with van der Waals surface area (Å²) in [5.41, 5.74) is 0. The zero-order valence-corrected chi connectivity index (χ0v) is 8.50. The number of rotatable bonds is 3. The van der Waals surface area contributed by atoms with E-state index in [9.17, 15) is 0 Å². The standard InChI is InChI=1S/C11H21NO/c1-8-5-6-10(8)12-11-4-2-3-9(11)7-13/h8-13H,2-7H2,1H3. The van der Waals surface area contributed by atoms with Gasteiger partial charge in [0.15, 0.2) is 0 Å². The van der Waals surface area contributed by atoms with Gasteiger partial charge in [0.05, 0.1) is 0 Å². The monoisotopic (exact) mass is 183 g/mol. The molecule has 13 heavy (non-hydrogen) atoms. The van der Waals surface area contributed by atoms with Crippen LogP contribution in [0.1, 0.15) is 39.0 Å². The Balaban J connectivity index is 1.79. The lowest BCUT2D eigenvalue weighted by molar-refractivity contribution is 0.160. The highest BCUT2D eigenvalue weighted by Crippen LogP contribution is 2.31. The molecule has 76 valence electrons. The predicted molar refractivity (Wildman–Crippen MR) is 53.5 cm³/mol. The smallest absolute Gasteiger partial charge is 0.0474 e. The molecule has 0 aromatic rings. The third-order valence-electron chi connectivity index (χ3n) is 3.94. The van der Waals surface area contributed by atoms with E-state index in [1.54, 1.807) is 0 Å². The first-order chi connectivity index (χ1) is 6.31. The quantitative estimate of drug-likeness (QED) is 0.695. The molecule has 0 aromatic carbocycles. The third kappa shape index (κ3) is 1.89. The van der Waals surface area contributed by atoms with Crippen molar-refractivity contribution in [2.45, 2.75) is 51.1 Å². The summed E-state index contributed by atoms with van der Waals surface area (Å²) >= 11 is 0. The van der Waals surface area contributed by atoms with Crippen molar-refractivity contribution >= 4 is 0 Å². The molecule has 4 unspecified atom stereocenters. The lowest BCUT2D eigenvalue weighted by atomic mass is 9.80. The second kappa shape index (κ2) is 3.97. The summed E-state index contributed by atoms with van der Waals surface area (Å²) < 4.78 is 0. The fourth-order valence-corrected chi connectivity index (χ4v) is 2.66. The Kier molecular flexibility index (Phi) is 2.89. The molecule has 0 radical (unpaired) electrons. The van der Waals surface area contributed by atoms with Crippen LogP contribution >= 0.6 is 0 Å². The van der Waals surface area contributed by atoms with Gasteiger partial charge in [-0.15, -0.1) is 0 Å². The number of aliphatic hydroxyl groups is 1. The van der Waals surface area contributed by atoms with Gasteiger partial charge in [0.2, 0.25) is 0 Å². The molecule has 2 saturated carbocycles. The van der Waals surface area contributed by atoms with E-state index < -0.39 is 0 Å². The van der Waals surface area contributed by atoms with Crippen molar-refractivity contribution in [3.8, 4) is 0 Å². The minimum absolute atomic E-state index is 0.374. The molecule has 2 rings (SSSR count). The average molecular weight is 183 g/mol. The summed E-state index contributed by atoms with van der Waals surface area (Å²) in [6, 6.07) is 1.36. The van der Waals surface area contributed by atoms with Crippen molar-refractivity contribution < 1.29 is 5.11 Å². The molecule has 2 aliphatic rings. The lowest BCUT2D eigenvalue weighted by Crippen LogP contribution is -2.49. The van der Waals surface area contributed by atoms with Crippen LogP contribution in [0, 0.1) is 11.8 Å². The van der Waals surface area contributed by atoms with E-state index in [0.717, 1.165) is 12.0 Å². The highest BCUT2D eigenvalue weighted by atomic mass is 16.3. The predicted octanol–water partition coefficient (Wildman–Crippen LogP) is 1.54. The molecule has 0 bridgehead atoms. The Morgan fingerprint density at radius 1 is 1.15 bits per heavy atom. The molecule has 2 fully saturated rings. The average Bonchev–Trinajstić information content (AvgIpc) is 2.58. The molecule has 2 nitrogen and oxygen atoms in total. The first-order valence-corrected chi connectivity index (χ1v) is 5.68. The van der Waals surface area contributed by atoms with Gasteiger partial charge in [-0.3, -0.25) is 0 Å². The highest BCUT2D eigenvalue weighted by Gasteiger charge is 2.33. The van der Waals surface area contributed by atoms with Crippen LogP contribution in [0.2, 0.25) is 0 Å². The van der Waals surface area contributed by atoms with Gasteiger partial charge in [0.25, 0.3) is 0 Å².